The molecule has 1 fully saturated rings. The van der Waals surface area contributed by atoms with E-state index >= 15 is 0 Å². The molecule has 2 rings (SSSR count). The van der Waals surface area contributed by atoms with Crippen molar-refractivity contribution in [2.45, 2.75) is 18.9 Å². The van der Waals surface area contributed by atoms with E-state index in [1.165, 1.54) is 6.08 Å². The summed E-state index contributed by atoms with van der Waals surface area (Å²) in [4.78, 5) is 13.4. The first-order valence-electron chi connectivity index (χ1n) is 6.65. The Morgan fingerprint density at radius 3 is 2.86 bits per heavy atom. The summed E-state index contributed by atoms with van der Waals surface area (Å²) in [6, 6.07) is 7.00. The maximum absolute atomic E-state index is 11.5. The van der Waals surface area contributed by atoms with E-state index in [0.717, 1.165) is 12.6 Å². The first kappa shape index (κ1) is 14.6. The molecule has 0 unspecified atom stereocenters. The zero-order valence-electron chi connectivity index (χ0n) is 11.5. The second-order valence-corrected chi connectivity index (χ2v) is 4.89. The number of nitrogens with two attached hydrogens (primary N) is 2. The van der Waals surface area contributed by atoms with Gasteiger partial charge in [0.05, 0.1) is 11.3 Å². The zero-order valence-corrected chi connectivity index (χ0v) is 11.5. The maximum atomic E-state index is 11.5. The van der Waals surface area contributed by atoms with E-state index in [1.807, 2.05) is 4.90 Å². The normalized spacial score (nSPS) is 18.3. The Morgan fingerprint density at radius 1 is 1.48 bits per heavy atom. The van der Waals surface area contributed by atoms with E-state index in [9.17, 15) is 10.1 Å². The number of anilines is 1. The molecule has 1 aliphatic heterocycles. The van der Waals surface area contributed by atoms with Crippen molar-refractivity contribution in [2.24, 2.45) is 11.5 Å². The number of nitrogens with one attached hydrogen (secondary N) is 1. The van der Waals surface area contributed by atoms with Crippen LogP contribution in [0.1, 0.15) is 24.0 Å². The Labute approximate surface area is 123 Å². The number of benzene rings is 1. The summed E-state index contributed by atoms with van der Waals surface area (Å²) in [5.41, 5.74) is 13.5. The van der Waals surface area contributed by atoms with E-state index in [0.29, 0.717) is 35.5 Å². The number of hydrogen-bond donors (Lipinski definition) is 3. The molecule has 0 radical (unpaired) electrons. The van der Waals surface area contributed by atoms with Crippen LogP contribution in [-0.4, -0.2) is 24.7 Å². The van der Waals surface area contributed by atoms with Gasteiger partial charge in [-0.2, -0.15) is 5.26 Å². The molecule has 1 saturated heterocycles. The molecular weight excluding hydrogens is 266 g/mol. The van der Waals surface area contributed by atoms with Gasteiger partial charge in [-0.15, -0.1) is 0 Å². The SMILES string of the molecule is N#Cc1cc(/C(N)=C/C=N)ccc1N1CCC[C@H]1C(N)=O. The van der Waals surface area contributed by atoms with Gasteiger partial charge in [-0.3, -0.25) is 4.79 Å². The second kappa shape index (κ2) is 6.09. The fourth-order valence-electron chi connectivity index (χ4n) is 2.59. The molecule has 0 spiro atoms. The van der Waals surface area contributed by atoms with Crippen LogP contribution in [0, 0.1) is 16.7 Å². The van der Waals surface area contributed by atoms with Crippen molar-refractivity contribution >= 4 is 23.5 Å². The van der Waals surface area contributed by atoms with E-state index in [-0.39, 0.29) is 11.9 Å². The predicted molar refractivity (Wildman–Crippen MR) is 81.7 cm³/mol. The van der Waals surface area contributed by atoms with Gasteiger partial charge in [-0.25, -0.2) is 0 Å². The van der Waals surface area contributed by atoms with E-state index in [1.54, 1.807) is 18.2 Å². The summed E-state index contributed by atoms with van der Waals surface area (Å²) >= 11 is 0. The third-order valence-electron chi connectivity index (χ3n) is 3.60. The van der Waals surface area contributed by atoms with Crippen molar-refractivity contribution in [1.29, 1.82) is 10.7 Å². The lowest BCUT2D eigenvalue weighted by molar-refractivity contribution is -0.119. The summed E-state index contributed by atoms with van der Waals surface area (Å²) in [5.74, 6) is -0.372. The minimum absolute atomic E-state index is 0.364. The zero-order chi connectivity index (χ0) is 15.4. The lowest BCUT2D eigenvalue weighted by Crippen LogP contribution is -2.40. The highest BCUT2D eigenvalue weighted by molar-refractivity contribution is 5.86. The Morgan fingerprint density at radius 2 is 2.24 bits per heavy atom. The Balaban J connectivity index is 2.42. The summed E-state index contributed by atoms with van der Waals surface area (Å²) in [6.07, 6.45) is 4.13. The quantitative estimate of drug-likeness (QED) is 0.713. The summed E-state index contributed by atoms with van der Waals surface area (Å²) in [6.45, 7) is 0.702. The molecule has 108 valence electrons. The average Bonchev–Trinajstić information content (AvgIpc) is 2.96. The number of hydrogen-bond acceptors (Lipinski definition) is 5. The third-order valence-corrected chi connectivity index (χ3v) is 3.60. The van der Waals surface area contributed by atoms with Gasteiger partial charge < -0.3 is 21.8 Å². The number of rotatable bonds is 4. The molecule has 1 heterocycles. The van der Waals surface area contributed by atoms with Crippen LogP contribution in [0.25, 0.3) is 5.70 Å². The van der Waals surface area contributed by atoms with Crippen molar-refractivity contribution in [1.82, 2.24) is 0 Å². The largest absolute Gasteiger partial charge is 0.398 e. The first-order chi connectivity index (χ1) is 10.1. The van der Waals surface area contributed by atoms with Crippen molar-refractivity contribution < 1.29 is 4.79 Å². The van der Waals surface area contributed by atoms with E-state index in [4.69, 9.17) is 16.9 Å². The monoisotopic (exact) mass is 283 g/mol. The van der Waals surface area contributed by atoms with Crippen LogP contribution in [0.4, 0.5) is 5.69 Å². The molecule has 1 atom stereocenters. The number of carbonyl (C=O) groups is 1. The number of nitriles is 1. The van der Waals surface area contributed by atoms with Crippen LogP contribution >= 0.6 is 0 Å². The highest BCUT2D eigenvalue weighted by Gasteiger charge is 2.30. The van der Waals surface area contributed by atoms with Gasteiger partial charge in [0, 0.05) is 18.5 Å². The molecule has 1 aromatic carbocycles. The van der Waals surface area contributed by atoms with Crippen LogP contribution in [0.5, 0.6) is 0 Å². The molecule has 1 aliphatic rings. The van der Waals surface area contributed by atoms with Crippen molar-refractivity contribution in [3.8, 4) is 6.07 Å². The highest BCUT2D eigenvalue weighted by Crippen LogP contribution is 2.30. The third kappa shape index (κ3) is 2.87. The molecule has 0 aliphatic carbocycles. The number of carbonyl (C=O) groups excluding carboxylic acids is 1. The summed E-state index contributed by atoms with van der Waals surface area (Å²) in [5, 5.41) is 16.4. The van der Waals surface area contributed by atoms with Crippen LogP contribution in [0.3, 0.4) is 0 Å². The van der Waals surface area contributed by atoms with Crippen molar-refractivity contribution in [2.75, 3.05) is 11.4 Å². The molecule has 0 aromatic heterocycles. The Kier molecular flexibility index (Phi) is 4.24. The highest BCUT2D eigenvalue weighted by atomic mass is 16.1. The molecule has 1 aromatic rings. The Hall–Kier alpha value is -2.81. The maximum Gasteiger partial charge on any atom is 0.240 e. The van der Waals surface area contributed by atoms with Crippen molar-refractivity contribution in [3.05, 3.63) is 35.4 Å². The van der Waals surface area contributed by atoms with Gasteiger partial charge in [-0.1, -0.05) is 6.07 Å². The smallest absolute Gasteiger partial charge is 0.240 e. The summed E-state index contributed by atoms with van der Waals surface area (Å²) in [7, 11) is 0. The standard InChI is InChI=1S/C15H17N5O/c16-6-5-12(18)10-3-4-13(11(8-10)9-17)20-7-1-2-14(20)15(19)21/h3-6,8,14,16H,1-2,7,18H2,(H2,19,21)/b12-5-,16-6?/t14-/m0/s1. The molecule has 0 bridgehead atoms. The molecular formula is C15H17N5O. The first-order valence-corrected chi connectivity index (χ1v) is 6.65. The molecule has 6 heteroatoms. The molecule has 1 amide bonds. The van der Waals surface area contributed by atoms with Gasteiger partial charge >= 0.3 is 0 Å². The average molecular weight is 283 g/mol. The van der Waals surface area contributed by atoms with Crippen molar-refractivity contribution in [3.63, 3.8) is 0 Å². The van der Waals surface area contributed by atoms with Gasteiger partial charge in [0.25, 0.3) is 0 Å². The van der Waals surface area contributed by atoms with Gasteiger partial charge in [0.15, 0.2) is 0 Å². The van der Waals surface area contributed by atoms with Crippen LogP contribution < -0.4 is 16.4 Å². The lowest BCUT2D eigenvalue weighted by atomic mass is 10.1. The van der Waals surface area contributed by atoms with E-state index in [2.05, 4.69) is 6.07 Å². The fraction of sp³-hybridized carbons (Fsp3) is 0.267. The summed E-state index contributed by atoms with van der Waals surface area (Å²) < 4.78 is 0. The van der Waals surface area contributed by atoms with Gasteiger partial charge in [-0.05, 0) is 36.6 Å². The Bertz CT molecular complexity index is 644. The predicted octanol–water partition coefficient (Wildman–Crippen LogP) is 0.962. The van der Waals surface area contributed by atoms with Gasteiger partial charge in [0.2, 0.25) is 5.91 Å². The number of amides is 1. The molecule has 21 heavy (non-hydrogen) atoms. The second-order valence-electron chi connectivity index (χ2n) is 4.89. The van der Waals surface area contributed by atoms with E-state index < -0.39 is 0 Å². The number of primary amides is 1. The molecule has 6 nitrogen and oxygen atoms in total. The number of nitrogens with zero attached hydrogens (tertiary/aromatic N) is 2. The fourth-order valence-corrected chi connectivity index (χ4v) is 2.59. The van der Waals surface area contributed by atoms with Crippen LogP contribution in [0.15, 0.2) is 24.3 Å². The van der Waals surface area contributed by atoms with Gasteiger partial charge in [0.1, 0.15) is 12.1 Å². The minimum Gasteiger partial charge on any atom is -0.398 e. The minimum atomic E-state index is -0.372. The lowest BCUT2D eigenvalue weighted by Gasteiger charge is -2.25. The topological polar surface area (TPSA) is 120 Å². The van der Waals surface area contributed by atoms with Crippen LogP contribution in [0.2, 0.25) is 0 Å². The molecule has 5 N–H and O–H groups in total. The molecule has 0 saturated carbocycles. The van der Waals surface area contributed by atoms with Crippen LogP contribution in [-0.2, 0) is 4.79 Å². The number of allylic oxidation sites excluding steroid dienone is 1.